The van der Waals surface area contributed by atoms with E-state index in [4.69, 9.17) is 0 Å². The van der Waals surface area contributed by atoms with Crippen LogP contribution in [0.3, 0.4) is 0 Å². The first-order chi connectivity index (χ1) is 7.77. The van der Waals surface area contributed by atoms with Crippen LogP contribution in [0.2, 0.25) is 0 Å². The predicted molar refractivity (Wildman–Crippen MR) is 60.9 cm³/mol. The predicted octanol–water partition coefficient (Wildman–Crippen LogP) is 2.75. The van der Waals surface area contributed by atoms with Gasteiger partial charge in [-0.2, -0.15) is 0 Å². The van der Waals surface area contributed by atoms with Gasteiger partial charge in [0.05, 0.1) is 0 Å². The molecule has 3 fully saturated rings. The van der Waals surface area contributed by atoms with E-state index in [0.717, 1.165) is 38.5 Å². The quantitative estimate of drug-likeness (QED) is 0.629. The maximum Gasteiger partial charge on any atom is 0.136 e. The van der Waals surface area contributed by atoms with Gasteiger partial charge in [-0.05, 0) is 50.4 Å². The second-order valence-corrected chi connectivity index (χ2v) is 5.84. The molecule has 0 bridgehead atoms. The van der Waals surface area contributed by atoms with Crippen molar-refractivity contribution in [2.45, 2.75) is 51.4 Å². The summed E-state index contributed by atoms with van der Waals surface area (Å²) >= 11 is 0. The SMILES string of the molecule is O=C1CCC[C@@H]2[C@H]3CCCC(=O)[C@@H]3CC[C@H]12. The molecular formula is C14H20O2. The van der Waals surface area contributed by atoms with Crippen LogP contribution >= 0.6 is 0 Å². The molecule has 0 aromatic carbocycles. The highest BCUT2D eigenvalue weighted by Crippen LogP contribution is 2.49. The summed E-state index contributed by atoms with van der Waals surface area (Å²) in [5.41, 5.74) is 0. The lowest BCUT2D eigenvalue weighted by atomic mass is 9.57. The van der Waals surface area contributed by atoms with Crippen LogP contribution in [0.15, 0.2) is 0 Å². The van der Waals surface area contributed by atoms with E-state index in [2.05, 4.69) is 0 Å². The summed E-state index contributed by atoms with van der Waals surface area (Å²) in [4.78, 5) is 23.8. The van der Waals surface area contributed by atoms with Crippen molar-refractivity contribution in [2.75, 3.05) is 0 Å². The Bertz CT molecular complexity index is 289. The second kappa shape index (κ2) is 3.97. The van der Waals surface area contributed by atoms with E-state index in [9.17, 15) is 9.59 Å². The van der Waals surface area contributed by atoms with Gasteiger partial charge in [0.15, 0.2) is 0 Å². The third-order valence-corrected chi connectivity index (χ3v) is 5.12. The summed E-state index contributed by atoms with van der Waals surface area (Å²) in [6.45, 7) is 0. The zero-order chi connectivity index (χ0) is 11.1. The summed E-state index contributed by atoms with van der Waals surface area (Å²) in [6.07, 6.45) is 8.12. The van der Waals surface area contributed by atoms with Gasteiger partial charge in [0.2, 0.25) is 0 Å². The minimum atomic E-state index is 0.320. The third kappa shape index (κ3) is 1.54. The lowest BCUT2D eigenvalue weighted by Gasteiger charge is -2.46. The van der Waals surface area contributed by atoms with Gasteiger partial charge in [0, 0.05) is 24.7 Å². The first-order valence-corrected chi connectivity index (χ1v) is 6.83. The van der Waals surface area contributed by atoms with Crippen molar-refractivity contribution in [3.63, 3.8) is 0 Å². The Labute approximate surface area is 96.8 Å². The van der Waals surface area contributed by atoms with Gasteiger partial charge in [0.1, 0.15) is 11.6 Å². The summed E-state index contributed by atoms with van der Waals surface area (Å²) in [5.74, 6) is 2.75. The number of carbonyl (C=O) groups excluding carboxylic acids is 2. The monoisotopic (exact) mass is 220 g/mol. The molecule has 3 rings (SSSR count). The molecule has 2 heteroatoms. The molecule has 16 heavy (non-hydrogen) atoms. The zero-order valence-electron chi connectivity index (χ0n) is 9.78. The summed E-state index contributed by atoms with van der Waals surface area (Å²) in [7, 11) is 0. The molecule has 0 unspecified atom stereocenters. The summed E-state index contributed by atoms with van der Waals surface area (Å²) in [6, 6.07) is 0. The molecule has 0 amide bonds. The molecule has 0 aliphatic heterocycles. The van der Waals surface area contributed by atoms with Crippen molar-refractivity contribution in [1.82, 2.24) is 0 Å². The lowest BCUT2D eigenvalue weighted by molar-refractivity contribution is -0.139. The smallest absolute Gasteiger partial charge is 0.136 e. The van der Waals surface area contributed by atoms with Gasteiger partial charge >= 0.3 is 0 Å². The number of hydrogen-bond acceptors (Lipinski definition) is 2. The average molecular weight is 220 g/mol. The number of ketones is 2. The van der Waals surface area contributed by atoms with Crippen molar-refractivity contribution in [3.8, 4) is 0 Å². The highest BCUT2D eigenvalue weighted by molar-refractivity contribution is 5.85. The van der Waals surface area contributed by atoms with Crippen LogP contribution in [0.25, 0.3) is 0 Å². The minimum Gasteiger partial charge on any atom is -0.299 e. The van der Waals surface area contributed by atoms with Crippen LogP contribution in [-0.4, -0.2) is 11.6 Å². The number of rotatable bonds is 0. The van der Waals surface area contributed by atoms with Gasteiger partial charge in [-0.15, -0.1) is 0 Å². The topological polar surface area (TPSA) is 34.1 Å². The number of Topliss-reactive ketones (excluding diaryl/α,β-unsaturated/α-hetero) is 2. The first kappa shape index (κ1) is 10.5. The average Bonchev–Trinajstić information content (AvgIpc) is 2.30. The zero-order valence-corrected chi connectivity index (χ0v) is 9.78. The number of fused-ring (bicyclic) bond motifs is 3. The Morgan fingerprint density at radius 2 is 1.12 bits per heavy atom. The van der Waals surface area contributed by atoms with E-state index in [1.165, 1.54) is 12.8 Å². The summed E-state index contributed by atoms with van der Waals surface area (Å²) in [5, 5.41) is 0. The lowest BCUT2D eigenvalue weighted by Crippen LogP contribution is -2.45. The van der Waals surface area contributed by atoms with Crippen LogP contribution in [0.1, 0.15) is 51.4 Å². The van der Waals surface area contributed by atoms with E-state index in [1.54, 1.807) is 0 Å². The van der Waals surface area contributed by atoms with E-state index in [1.807, 2.05) is 0 Å². The van der Waals surface area contributed by atoms with Crippen molar-refractivity contribution in [1.29, 1.82) is 0 Å². The van der Waals surface area contributed by atoms with Gasteiger partial charge in [-0.25, -0.2) is 0 Å². The fourth-order valence-corrected chi connectivity index (χ4v) is 4.41. The highest BCUT2D eigenvalue weighted by Gasteiger charge is 2.46. The van der Waals surface area contributed by atoms with E-state index >= 15 is 0 Å². The van der Waals surface area contributed by atoms with Crippen LogP contribution in [0.5, 0.6) is 0 Å². The molecule has 88 valence electrons. The fourth-order valence-electron chi connectivity index (χ4n) is 4.41. The van der Waals surface area contributed by atoms with E-state index in [-0.39, 0.29) is 0 Å². The van der Waals surface area contributed by atoms with E-state index < -0.39 is 0 Å². The Balaban J connectivity index is 1.83. The molecule has 0 radical (unpaired) electrons. The maximum absolute atomic E-state index is 11.9. The van der Waals surface area contributed by atoms with Crippen molar-refractivity contribution < 1.29 is 9.59 Å². The van der Waals surface area contributed by atoms with Crippen molar-refractivity contribution in [3.05, 3.63) is 0 Å². The molecule has 0 spiro atoms. The Kier molecular flexibility index (Phi) is 2.61. The van der Waals surface area contributed by atoms with Gasteiger partial charge in [-0.3, -0.25) is 9.59 Å². The molecule has 0 saturated heterocycles. The fraction of sp³-hybridized carbons (Fsp3) is 0.857. The second-order valence-electron chi connectivity index (χ2n) is 5.84. The van der Waals surface area contributed by atoms with E-state index in [0.29, 0.717) is 35.2 Å². The molecule has 3 saturated carbocycles. The van der Waals surface area contributed by atoms with Gasteiger partial charge in [-0.1, -0.05) is 0 Å². The molecule has 0 aromatic rings. The Morgan fingerprint density at radius 3 is 1.56 bits per heavy atom. The highest BCUT2D eigenvalue weighted by atomic mass is 16.1. The Hall–Kier alpha value is -0.660. The summed E-state index contributed by atoms with van der Waals surface area (Å²) < 4.78 is 0. The molecule has 0 aromatic heterocycles. The molecule has 4 atom stereocenters. The van der Waals surface area contributed by atoms with Crippen LogP contribution < -0.4 is 0 Å². The molecule has 0 heterocycles. The van der Waals surface area contributed by atoms with Gasteiger partial charge in [0.25, 0.3) is 0 Å². The Morgan fingerprint density at radius 1 is 0.688 bits per heavy atom. The number of hydrogen-bond donors (Lipinski definition) is 0. The molecule has 2 nitrogen and oxygen atoms in total. The maximum atomic E-state index is 11.9. The third-order valence-electron chi connectivity index (χ3n) is 5.12. The normalized spacial score (nSPS) is 43.8. The van der Waals surface area contributed by atoms with Crippen LogP contribution in [-0.2, 0) is 9.59 Å². The van der Waals surface area contributed by atoms with Crippen molar-refractivity contribution >= 4 is 11.6 Å². The molecular weight excluding hydrogens is 200 g/mol. The first-order valence-electron chi connectivity index (χ1n) is 6.83. The number of carbonyl (C=O) groups is 2. The molecule has 0 N–H and O–H groups in total. The minimum absolute atomic E-state index is 0.320. The largest absolute Gasteiger partial charge is 0.299 e. The van der Waals surface area contributed by atoms with Crippen LogP contribution in [0.4, 0.5) is 0 Å². The van der Waals surface area contributed by atoms with Crippen LogP contribution in [0, 0.1) is 23.7 Å². The van der Waals surface area contributed by atoms with Crippen molar-refractivity contribution in [2.24, 2.45) is 23.7 Å². The standard InChI is InChI=1S/C14H20O2/c15-13-5-1-3-9-10-4-2-6-14(16)12(10)8-7-11(9)13/h9-12H,1-8H2/t9-,10-,11-,12+/m1/s1. The van der Waals surface area contributed by atoms with Gasteiger partial charge < -0.3 is 0 Å². The molecule has 3 aliphatic carbocycles. The molecule has 3 aliphatic rings.